The summed E-state index contributed by atoms with van der Waals surface area (Å²) in [4.78, 5) is 12.1. The molecule has 180 valence electrons. The van der Waals surface area contributed by atoms with Crippen molar-refractivity contribution in [3.8, 4) is 0 Å². The summed E-state index contributed by atoms with van der Waals surface area (Å²) < 4.78 is 28.6. The molecule has 1 saturated heterocycles. The van der Waals surface area contributed by atoms with Gasteiger partial charge in [-0.05, 0) is 58.2 Å². The molecule has 1 aliphatic heterocycles. The summed E-state index contributed by atoms with van der Waals surface area (Å²) in [5, 5.41) is 0. The monoisotopic (exact) mass is 478 g/mol. The molecule has 0 radical (unpaired) electrons. The highest BCUT2D eigenvalue weighted by Gasteiger charge is 2.32. The molecule has 0 aliphatic carbocycles. The Labute approximate surface area is 203 Å². The van der Waals surface area contributed by atoms with Crippen LogP contribution in [0.4, 0.5) is 5.82 Å². The molecule has 34 heavy (non-hydrogen) atoms. The lowest BCUT2D eigenvalue weighted by atomic mass is 10.0. The van der Waals surface area contributed by atoms with Gasteiger partial charge in [0.2, 0.25) is 10.0 Å². The lowest BCUT2D eigenvalue weighted by Crippen LogP contribution is -2.49. The van der Waals surface area contributed by atoms with E-state index < -0.39 is 10.0 Å². The Kier molecular flexibility index (Phi) is 6.78. The van der Waals surface area contributed by atoms with Gasteiger partial charge in [0.1, 0.15) is 11.6 Å². The zero-order valence-corrected chi connectivity index (χ0v) is 21.8. The van der Waals surface area contributed by atoms with Gasteiger partial charge in [-0.2, -0.15) is 4.31 Å². The van der Waals surface area contributed by atoms with Gasteiger partial charge in [0, 0.05) is 43.9 Å². The first-order valence-electron chi connectivity index (χ1n) is 11.8. The minimum atomic E-state index is -3.55. The molecule has 4 rings (SSSR count). The van der Waals surface area contributed by atoms with Gasteiger partial charge in [0.15, 0.2) is 0 Å². The van der Waals surface area contributed by atoms with Gasteiger partial charge >= 0.3 is 0 Å². The van der Waals surface area contributed by atoms with Gasteiger partial charge in [-0.1, -0.05) is 47.5 Å². The van der Waals surface area contributed by atoms with Crippen LogP contribution in [0.5, 0.6) is 0 Å². The average molecular weight is 479 g/mol. The molecule has 0 unspecified atom stereocenters. The van der Waals surface area contributed by atoms with Gasteiger partial charge in [0.25, 0.3) is 0 Å². The summed E-state index contributed by atoms with van der Waals surface area (Å²) in [5.41, 5.74) is 7.23. The first-order valence-corrected chi connectivity index (χ1v) is 13.2. The second-order valence-electron chi connectivity index (χ2n) is 9.44. The number of aryl methyl sites for hydroxylation is 6. The molecule has 0 spiro atoms. The van der Waals surface area contributed by atoms with Crippen LogP contribution in [0.3, 0.4) is 0 Å². The third kappa shape index (κ3) is 4.86. The van der Waals surface area contributed by atoms with Crippen LogP contribution < -0.4 is 4.90 Å². The fraction of sp³-hybridized carbons (Fsp3) is 0.407. The standard InChI is InChI=1S/C27H34N4O2S/c1-18-7-9-24(10-8-18)17-25-22(5)28-23(6)29-27(25)30-11-13-31(14-12-30)34(32,33)26-20(3)15-19(2)16-21(26)4/h7-10,15-16H,11-14,17H2,1-6H3. The number of hydrogen-bond donors (Lipinski definition) is 0. The number of rotatable bonds is 5. The van der Waals surface area contributed by atoms with Crippen LogP contribution in [0.1, 0.15) is 44.9 Å². The van der Waals surface area contributed by atoms with Gasteiger partial charge in [-0.25, -0.2) is 18.4 Å². The number of anilines is 1. The zero-order chi connectivity index (χ0) is 24.6. The Morgan fingerprint density at radius 3 is 1.97 bits per heavy atom. The molecular weight excluding hydrogens is 444 g/mol. The molecule has 2 aromatic carbocycles. The van der Waals surface area contributed by atoms with Gasteiger partial charge in [0.05, 0.1) is 4.90 Å². The van der Waals surface area contributed by atoms with Crippen LogP contribution >= 0.6 is 0 Å². The van der Waals surface area contributed by atoms with Crippen molar-refractivity contribution in [3.05, 3.63) is 81.3 Å². The summed E-state index contributed by atoms with van der Waals surface area (Å²) in [5.74, 6) is 1.66. The number of aromatic nitrogens is 2. The van der Waals surface area contributed by atoms with Gasteiger partial charge < -0.3 is 4.90 Å². The average Bonchev–Trinajstić information content (AvgIpc) is 2.76. The molecule has 2 heterocycles. The largest absolute Gasteiger partial charge is 0.354 e. The summed E-state index contributed by atoms with van der Waals surface area (Å²) in [6.07, 6.45) is 0.752. The second-order valence-corrected chi connectivity index (χ2v) is 11.3. The van der Waals surface area contributed by atoms with Crippen LogP contribution in [0.25, 0.3) is 0 Å². The van der Waals surface area contributed by atoms with E-state index in [2.05, 4.69) is 41.1 Å². The number of hydrogen-bond acceptors (Lipinski definition) is 5. The van der Waals surface area contributed by atoms with Crippen molar-refractivity contribution >= 4 is 15.8 Å². The fourth-order valence-corrected chi connectivity index (χ4v) is 6.77. The Morgan fingerprint density at radius 2 is 1.38 bits per heavy atom. The predicted octanol–water partition coefficient (Wildman–Crippen LogP) is 4.43. The van der Waals surface area contributed by atoms with Crippen LogP contribution in [0, 0.1) is 41.5 Å². The van der Waals surface area contributed by atoms with E-state index in [4.69, 9.17) is 4.98 Å². The molecule has 3 aromatic rings. The lowest BCUT2D eigenvalue weighted by molar-refractivity contribution is 0.383. The van der Waals surface area contributed by atoms with Crippen LogP contribution in [0.2, 0.25) is 0 Å². The molecule has 6 nitrogen and oxygen atoms in total. The van der Waals surface area contributed by atoms with E-state index in [1.807, 2.05) is 46.8 Å². The molecule has 0 bridgehead atoms. The maximum Gasteiger partial charge on any atom is 0.243 e. The van der Waals surface area contributed by atoms with Crippen molar-refractivity contribution in [1.82, 2.24) is 14.3 Å². The molecule has 1 aromatic heterocycles. The number of piperazine rings is 1. The van der Waals surface area contributed by atoms with E-state index in [0.717, 1.165) is 46.0 Å². The van der Waals surface area contributed by atoms with Crippen molar-refractivity contribution < 1.29 is 8.42 Å². The molecule has 0 atom stereocenters. The molecular formula is C27H34N4O2S. The molecule has 1 fully saturated rings. The van der Waals surface area contributed by atoms with Crippen molar-refractivity contribution in [1.29, 1.82) is 0 Å². The maximum atomic E-state index is 13.5. The van der Waals surface area contributed by atoms with E-state index in [0.29, 0.717) is 31.1 Å². The summed E-state index contributed by atoms with van der Waals surface area (Å²) in [6, 6.07) is 12.4. The normalized spacial score (nSPS) is 15.1. The summed E-state index contributed by atoms with van der Waals surface area (Å²) >= 11 is 0. The Balaban J connectivity index is 1.58. The SMILES string of the molecule is Cc1ccc(Cc2c(C)nc(C)nc2N2CCN(S(=O)(=O)c3c(C)cc(C)cc3C)CC2)cc1. The highest BCUT2D eigenvalue weighted by molar-refractivity contribution is 7.89. The minimum absolute atomic E-state index is 0.432. The lowest BCUT2D eigenvalue weighted by Gasteiger charge is -2.36. The Morgan fingerprint density at radius 1 is 0.794 bits per heavy atom. The van der Waals surface area contributed by atoms with Gasteiger partial charge in [-0.15, -0.1) is 0 Å². The van der Waals surface area contributed by atoms with Crippen LogP contribution in [-0.2, 0) is 16.4 Å². The van der Waals surface area contributed by atoms with Gasteiger partial charge in [-0.3, -0.25) is 0 Å². The third-order valence-corrected chi connectivity index (χ3v) is 8.75. The van der Waals surface area contributed by atoms with Crippen molar-refractivity contribution in [2.45, 2.75) is 52.9 Å². The van der Waals surface area contributed by atoms with Crippen molar-refractivity contribution in [2.24, 2.45) is 0 Å². The number of sulfonamides is 1. The molecule has 7 heteroatoms. The van der Waals surface area contributed by atoms with Crippen molar-refractivity contribution in [3.63, 3.8) is 0 Å². The summed E-state index contributed by atoms with van der Waals surface area (Å²) in [7, 11) is -3.55. The van der Waals surface area contributed by atoms with Crippen molar-refractivity contribution in [2.75, 3.05) is 31.1 Å². The van der Waals surface area contributed by atoms with E-state index in [9.17, 15) is 8.42 Å². The third-order valence-electron chi connectivity index (χ3n) is 6.55. The highest BCUT2D eigenvalue weighted by atomic mass is 32.2. The van der Waals surface area contributed by atoms with E-state index in [1.165, 1.54) is 11.1 Å². The Hall–Kier alpha value is -2.77. The molecule has 0 N–H and O–H groups in total. The molecule has 0 amide bonds. The zero-order valence-electron chi connectivity index (χ0n) is 21.0. The van der Waals surface area contributed by atoms with E-state index in [-0.39, 0.29) is 0 Å². The van der Waals surface area contributed by atoms with Crippen LogP contribution in [-0.4, -0.2) is 48.9 Å². The maximum absolute atomic E-state index is 13.5. The van der Waals surface area contributed by atoms with E-state index in [1.54, 1.807) is 4.31 Å². The predicted molar refractivity (Wildman–Crippen MR) is 137 cm³/mol. The first kappa shape index (κ1) is 24.4. The number of benzene rings is 2. The molecule has 0 saturated carbocycles. The quantitative estimate of drug-likeness (QED) is 0.543. The van der Waals surface area contributed by atoms with Crippen LogP contribution in [0.15, 0.2) is 41.3 Å². The Bertz CT molecular complexity index is 1290. The summed E-state index contributed by atoms with van der Waals surface area (Å²) in [6.45, 7) is 13.8. The fourth-order valence-electron chi connectivity index (χ4n) is 4.94. The highest BCUT2D eigenvalue weighted by Crippen LogP contribution is 2.29. The minimum Gasteiger partial charge on any atom is -0.354 e. The topological polar surface area (TPSA) is 66.4 Å². The first-order chi connectivity index (χ1) is 16.1. The number of nitrogens with zero attached hydrogens (tertiary/aromatic N) is 4. The molecule has 1 aliphatic rings. The second kappa shape index (κ2) is 9.47. The van der Waals surface area contributed by atoms with E-state index >= 15 is 0 Å². The smallest absolute Gasteiger partial charge is 0.243 e.